The lowest BCUT2D eigenvalue weighted by molar-refractivity contribution is -0.127. The van der Waals surface area contributed by atoms with Crippen molar-refractivity contribution in [3.63, 3.8) is 0 Å². The average Bonchev–Trinajstić information content (AvgIpc) is 2.41. The van der Waals surface area contributed by atoms with Gasteiger partial charge in [-0.15, -0.1) is 11.8 Å². The Balaban J connectivity index is 2.54. The summed E-state index contributed by atoms with van der Waals surface area (Å²) in [6.07, 6.45) is 1.47. The van der Waals surface area contributed by atoms with Gasteiger partial charge in [0.15, 0.2) is 9.84 Å². The van der Waals surface area contributed by atoms with Gasteiger partial charge in [-0.3, -0.25) is 4.79 Å². The third-order valence-corrected chi connectivity index (χ3v) is 4.72. The Hall–Kier alpha value is -1.52. The van der Waals surface area contributed by atoms with Crippen molar-refractivity contribution >= 4 is 27.5 Å². The van der Waals surface area contributed by atoms with Gasteiger partial charge in [-0.05, 0) is 24.3 Å². The highest BCUT2D eigenvalue weighted by atomic mass is 32.2. The number of amides is 1. The fourth-order valence-corrected chi connectivity index (χ4v) is 2.85. The Bertz CT molecular complexity index is 603. The van der Waals surface area contributed by atoms with Crippen LogP contribution in [-0.4, -0.2) is 44.8 Å². The van der Waals surface area contributed by atoms with Crippen LogP contribution >= 0.6 is 11.8 Å². The zero-order valence-corrected chi connectivity index (χ0v) is 13.0. The number of carbonyl (C=O) groups is 1. The molecule has 0 aromatic heterocycles. The maximum absolute atomic E-state index is 11.7. The molecule has 7 heteroatoms. The number of sulfone groups is 1. The normalized spacial score (nSPS) is 10.8. The molecule has 1 rings (SSSR count). The number of rotatable bonds is 6. The van der Waals surface area contributed by atoms with E-state index in [2.05, 4.69) is 0 Å². The van der Waals surface area contributed by atoms with E-state index >= 15 is 0 Å². The molecule has 0 fully saturated rings. The van der Waals surface area contributed by atoms with E-state index in [1.807, 2.05) is 6.07 Å². The Morgan fingerprint density at radius 2 is 1.95 bits per heavy atom. The molecule has 0 unspecified atom stereocenters. The zero-order valence-electron chi connectivity index (χ0n) is 11.4. The molecule has 20 heavy (non-hydrogen) atoms. The highest BCUT2D eigenvalue weighted by Crippen LogP contribution is 2.20. The van der Waals surface area contributed by atoms with Gasteiger partial charge < -0.3 is 4.90 Å². The van der Waals surface area contributed by atoms with Gasteiger partial charge in [-0.2, -0.15) is 5.26 Å². The fraction of sp³-hybridized carbons (Fsp3) is 0.385. The van der Waals surface area contributed by atoms with Crippen molar-refractivity contribution in [2.24, 2.45) is 0 Å². The second-order valence-electron chi connectivity index (χ2n) is 4.26. The van der Waals surface area contributed by atoms with Gasteiger partial charge in [0.05, 0.1) is 23.1 Å². The highest BCUT2D eigenvalue weighted by Gasteiger charge is 2.10. The molecule has 0 radical (unpaired) electrons. The molecule has 5 nitrogen and oxygen atoms in total. The summed E-state index contributed by atoms with van der Waals surface area (Å²) in [5.41, 5.74) is 0. The van der Waals surface area contributed by atoms with Crippen molar-refractivity contribution in [3.05, 3.63) is 24.3 Å². The molecule has 0 atom stereocenters. The topological polar surface area (TPSA) is 78.2 Å². The summed E-state index contributed by atoms with van der Waals surface area (Å²) in [5, 5.41) is 8.45. The Labute approximate surface area is 123 Å². The van der Waals surface area contributed by atoms with Crippen LogP contribution in [0.5, 0.6) is 0 Å². The first-order valence-corrected chi connectivity index (χ1v) is 8.76. The van der Waals surface area contributed by atoms with Gasteiger partial charge in [0.25, 0.3) is 0 Å². The van der Waals surface area contributed by atoms with Crippen LogP contribution in [0.2, 0.25) is 0 Å². The van der Waals surface area contributed by atoms with E-state index in [1.165, 1.54) is 28.8 Å². The van der Waals surface area contributed by atoms with Crippen LogP contribution in [0.1, 0.15) is 6.42 Å². The van der Waals surface area contributed by atoms with Crippen LogP contribution in [-0.2, 0) is 14.6 Å². The summed E-state index contributed by atoms with van der Waals surface area (Å²) in [4.78, 5) is 14.4. The SMILES string of the molecule is CN(CCC#N)C(=O)CSc1ccc(S(C)(=O)=O)cc1. The van der Waals surface area contributed by atoms with Gasteiger partial charge in [0, 0.05) is 24.7 Å². The molecule has 0 aliphatic carbocycles. The van der Waals surface area contributed by atoms with E-state index in [0.717, 1.165) is 11.2 Å². The standard InChI is InChI=1S/C13H16N2O3S2/c1-15(9-3-8-14)13(16)10-19-11-4-6-12(7-5-11)20(2,17)18/h4-7H,3,9-10H2,1-2H3. The van der Waals surface area contributed by atoms with Gasteiger partial charge >= 0.3 is 0 Å². The third kappa shape index (κ3) is 5.23. The smallest absolute Gasteiger partial charge is 0.232 e. The summed E-state index contributed by atoms with van der Waals surface area (Å²) in [6.45, 7) is 0.420. The molecule has 1 amide bonds. The second kappa shape index (κ2) is 7.31. The first kappa shape index (κ1) is 16.5. The maximum Gasteiger partial charge on any atom is 0.232 e. The van der Waals surface area contributed by atoms with Crippen molar-refractivity contribution < 1.29 is 13.2 Å². The monoisotopic (exact) mass is 312 g/mol. The summed E-state index contributed by atoms with van der Waals surface area (Å²) >= 11 is 1.34. The minimum Gasteiger partial charge on any atom is -0.344 e. The van der Waals surface area contributed by atoms with Crippen molar-refractivity contribution in [1.29, 1.82) is 5.26 Å². The molecular weight excluding hydrogens is 296 g/mol. The van der Waals surface area contributed by atoms with Gasteiger partial charge in [0.1, 0.15) is 0 Å². The summed E-state index contributed by atoms with van der Waals surface area (Å²) in [6, 6.07) is 8.42. The largest absolute Gasteiger partial charge is 0.344 e. The van der Waals surface area contributed by atoms with Crippen molar-refractivity contribution in [3.8, 4) is 6.07 Å². The molecule has 0 saturated heterocycles. The molecule has 0 aliphatic rings. The van der Waals surface area contributed by atoms with Crippen LogP contribution in [0, 0.1) is 11.3 Å². The molecule has 1 aromatic carbocycles. The molecule has 1 aromatic rings. The van der Waals surface area contributed by atoms with Crippen molar-refractivity contribution in [2.75, 3.05) is 25.6 Å². The third-order valence-electron chi connectivity index (χ3n) is 2.60. The van der Waals surface area contributed by atoms with E-state index in [9.17, 15) is 13.2 Å². The minimum atomic E-state index is -3.19. The lowest BCUT2D eigenvalue weighted by Crippen LogP contribution is -2.29. The van der Waals surface area contributed by atoms with E-state index in [1.54, 1.807) is 19.2 Å². The first-order chi connectivity index (χ1) is 9.34. The lowest BCUT2D eigenvalue weighted by Gasteiger charge is -2.14. The molecule has 0 bridgehead atoms. The van der Waals surface area contributed by atoms with Crippen molar-refractivity contribution in [1.82, 2.24) is 4.90 Å². The molecule has 0 heterocycles. The Morgan fingerprint density at radius 1 is 1.35 bits per heavy atom. The molecule has 108 valence electrons. The van der Waals surface area contributed by atoms with Gasteiger partial charge in [-0.25, -0.2) is 8.42 Å². The van der Waals surface area contributed by atoms with E-state index in [4.69, 9.17) is 5.26 Å². The van der Waals surface area contributed by atoms with E-state index < -0.39 is 9.84 Å². The predicted octanol–water partition coefficient (Wildman–Crippen LogP) is 1.55. The van der Waals surface area contributed by atoms with E-state index in [-0.39, 0.29) is 16.6 Å². The number of hydrogen-bond donors (Lipinski definition) is 0. The second-order valence-corrected chi connectivity index (χ2v) is 7.32. The van der Waals surface area contributed by atoms with E-state index in [0.29, 0.717) is 13.0 Å². The number of benzene rings is 1. The predicted molar refractivity (Wildman–Crippen MR) is 78.1 cm³/mol. The van der Waals surface area contributed by atoms with Gasteiger partial charge in [-0.1, -0.05) is 0 Å². The molecule has 0 spiro atoms. The Morgan fingerprint density at radius 3 is 2.45 bits per heavy atom. The maximum atomic E-state index is 11.7. The molecule has 0 saturated carbocycles. The van der Waals surface area contributed by atoms with Crippen LogP contribution in [0.25, 0.3) is 0 Å². The number of nitrogens with zero attached hydrogens (tertiary/aromatic N) is 2. The molecule has 0 N–H and O–H groups in total. The number of nitriles is 1. The zero-order chi connectivity index (χ0) is 15.2. The quantitative estimate of drug-likeness (QED) is 0.745. The first-order valence-electron chi connectivity index (χ1n) is 5.88. The number of carbonyl (C=O) groups excluding carboxylic acids is 1. The van der Waals surface area contributed by atoms with Crippen LogP contribution < -0.4 is 0 Å². The summed E-state index contributed by atoms with van der Waals surface area (Å²) in [7, 11) is -1.53. The summed E-state index contributed by atoms with van der Waals surface area (Å²) in [5.74, 6) is 0.206. The lowest BCUT2D eigenvalue weighted by atomic mass is 10.4. The van der Waals surface area contributed by atoms with Crippen LogP contribution in [0.4, 0.5) is 0 Å². The van der Waals surface area contributed by atoms with Crippen molar-refractivity contribution in [2.45, 2.75) is 16.2 Å². The number of hydrogen-bond acceptors (Lipinski definition) is 5. The van der Waals surface area contributed by atoms with Crippen LogP contribution in [0.15, 0.2) is 34.1 Å². The van der Waals surface area contributed by atoms with Crippen LogP contribution in [0.3, 0.4) is 0 Å². The summed E-state index contributed by atoms with van der Waals surface area (Å²) < 4.78 is 22.6. The van der Waals surface area contributed by atoms with Gasteiger partial charge in [0.2, 0.25) is 5.91 Å². The molecule has 0 aliphatic heterocycles. The highest BCUT2D eigenvalue weighted by molar-refractivity contribution is 8.00. The number of thioether (sulfide) groups is 1. The fourth-order valence-electron chi connectivity index (χ4n) is 1.38. The minimum absolute atomic E-state index is 0.0579. The molecular formula is C13H16N2O3S2. The average molecular weight is 312 g/mol. The Kier molecular flexibility index (Phi) is 6.05.